The lowest BCUT2D eigenvalue weighted by atomic mass is 10.3. The summed E-state index contributed by atoms with van der Waals surface area (Å²) in [5.41, 5.74) is 2.50. The largest absolute Gasteiger partial charge is 0.495 e. The van der Waals surface area contributed by atoms with Gasteiger partial charge in [-0.15, -0.1) is 11.3 Å². The second-order valence-electron chi connectivity index (χ2n) is 5.12. The predicted octanol–water partition coefficient (Wildman–Crippen LogP) is 5.05. The third-order valence-corrected chi connectivity index (χ3v) is 5.57. The number of aromatic nitrogens is 2. The number of ether oxygens (including phenoxy) is 1. The van der Waals surface area contributed by atoms with Crippen LogP contribution in [0.25, 0.3) is 10.6 Å². The number of nitrogens with zero attached hydrogens (tertiary/aromatic N) is 2. The molecule has 0 aliphatic carbocycles. The van der Waals surface area contributed by atoms with E-state index >= 15 is 0 Å². The average molecular weight is 439 g/mol. The number of halogens is 1. The Morgan fingerprint density at radius 1 is 1.28 bits per heavy atom. The quantitative estimate of drug-likeness (QED) is 0.582. The van der Waals surface area contributed by atoms with Gasteiger partial charge in [-0.05, 0) is 25.1 Å². The monoisotopic (exact) mass is 438 g/mol. The number of hydrogen-bond acceptors (Lipinski definition) is 7. The van der Waals surface area contributed by atoms with Crippen molar-refractivity contribution in [1.82, 2.24) is 9.97 Å². The molecule has 0 bridgehead atoms. The molecule has 0 aliphatic rings. The van der Waals surface area contributed by atoms with Crippen LogP contribution < -0.4 is 15.4 Å². The fourth-order valence-corrected chi connectivity index (χ4v) is 4.29. The Labute approximate surface area is 161 Å². The Morgan fingerprint density at radius 2 is 2.08 bits per heavy atom. The zero-order valence-corrected chi connectivity index (χ0v) is 16.9. The summed E-state index contributed by atoms with van der Waals surface area (Å²) in [6.45, 7) is 3.37. The fraction of sp³-hybridized carbons (Fsp3) is 0.188. The van der Waals surface area contributed by atoms with E-state index in [4.69, 9.17) is 4.74 Å². The van der Waals surface area contributed by atoms with Crippen molar-refractivity contribution in [2.24, 2.45) is 0 Å². The van der Waals surface area contributed by atoms with Gasteiger partial charge in [0.05, 0.1) is 29.1 Å². The summed E-state index contributed by atoms with van der Waals surface area (Å²) in [4.78, 5) is 21.1. The van der Waals surface area contributed by atoms with Crippen LogP contribution in [0.2, 0.25) is 0 Å². The van der Waals surface area contributed by atoms with Crippen molar-refractivity contribution in [3.05, 3.63) is 33.7 Å². The summed E-state index contributed by atoms with van der Waals surface area (Å²) < 4.78 is 6.32. The van der Waals surface area contributed by atoms with Crippen molar-refractivity contribution in [3.8, 4) is 16.3 Å². The maximum Gasteiger partial charge on any atom is 0.223 e. The van der Waals surface area contributed by atoms with Crippen LogP contribution in [-0.4, -0.2) is 23.0 Å². The first-order chi connectivity index (χ1) is 12.0. The molecule has 3 aromatic rings. The number of carbonyl (C=O) groups excluding carboxylic acids is 1. The average Bonchev–Trinajstić information content (AvgIpc) is 3.13. The smallest absolute Gasteiger partial charge is 0.223 e. The minimum Gasteiger partial charge on any atom is -0.495 e. The third kappa shape index (κ3) is 4.17. The normalized spacial score (nSPS) is 10.6. The summed E-state index contributed by atoms with van der Waals surface area (Å²) in [5.74, 6) is 0.601. The summed E-state index contributed by atoms with van der Waals surface area (Å²) >= 11 is 6.37. The zero-order chi connectivity index (χ0) is 18.0. The van der Waals surface area contributed by atoms with Crippen LogP contribution in [0, 0.1) is 6.92 Å². The first-order valence-corrected chi connectivity index (χ1v) is 9.76. The van der Waals surface area contributed by atoms with Crippen LogP contribution in [0.5, 0.6) is 5.75 Å². The molecule has 0 aliphatic heterocycles. The van der Waals surface area contributed by atoms with Crippen LogP contribution in [0.15, 0.2) is 28.1 Å². The molecule has 0 fully saturated rings. The Balaban J connectivity index is 1.85. The fourth-order valence-electron chi connectivity index (χ4n) is 2.17. The van der Waals surface area contributed by atoms with Gasteiger partial charge >= 0.3 is 0 Å². The summed E-state index contributed by atoms with van der Waals surface area (Å²) in [6.07, 6.45) is 0. The van der Waals surface area contributed by atoms with Crippen LogP contribution in [0.3, 0.4) is 0 Å². The number of carbonyl (C=O) groups is 1. The van der Waals surface area contributed by atoms with E-state index < -0.39 is 0 Å². The van der Waals surface area contributed by atoms with Gasteiger partial charge in [0.15, 0.2) is 10.3 Å². The molecule has 1 amide bonds. The predicted molar refractivity (Wildman–Crippen MR) is 106 cm³/mol. The molecule has 2 N–H and O–H groups in total. The van der Waals surface area contributed by atoms with Gasteiger partial charge in [-0.2, -0.15) is 0 Å². The zero-order valence-electron chi connectivity index (χ0n) is 13.7. The molecular formula is C16H15BrN4O2S2. The van der Waals surface area contributed by atoms with Crippen molar-refractivity contribution in [3.63, 3.8) is 0 Å². The van der Waals surface area contributed by atoms with E-state index in [1.807, 2.05) is 30.5 Å². The highest BCUT2D eigenvalue weighted by Crippen LogP contribution is 2.36. The molecular weight excluding hydrogens is 424 g/mol. The molecule has 2 aromatic heterocycles. The van der Waals surface area contributed by atoms with Crippen LogP contribution >= 0.6 is 38.6 Å². The molecule has 0 unspecified atom stereocenters. The number of methoxy groups -OCH3 is 1. The van der Waals surface area contributed by atoms with E-state index in [2.05, 4.69) is 36.5 Å². The van der Waals surface area contributed by atoms with E-state index in [-0.39, 0.29) is 5.91 Å². The molecule has 0 atom stereocenters. The number of thiazole rings is 2. The van der Waals surface area contributed by atoms with Crippen molar-refractivity contribution >= 4 is 60.5 Å². The number of benzene rings is 1. The number of aryl methyl sites for hydroxylation is 1. The van der Waals surface area contributed by atoms with Gasteiger partial charge < -0.3 is 15.4 Å². The molecule has 0 saturated heterocycles. The number of amides is 1. The first kappa shape index (κ1) is 17.8. The van der Waals surface area contributed by atoms with Crippen molar-refractivity contribution in [2.45, 2.75) is 13.8 Å². The van der Waals surface area contributed by atoms with Crippen molar-refractivity contribution in [1.29, 1.82) is 0 Å². The van der Waals surface area contributed by atoms with E-state index in [9.17, 15) is 4.79 Å². The second-order valence-corrected chi connectivity index (χ2v) is 7.90. The minimum absolute atomic E-state index is 0.136. The molecule has 130 valence electrons. The first-order valence-electron chi connectivity index (χ1n) is 7.27. The van der Waals surface area contributed by atoms with Gasteiger partial charge in [-0.25, -0.2) is 9.97 Å². The summed E-state index contributed by atoms with van der Waals surface area (Å²) in [6, 6.07) is 5.74. The molecule has 2 heterocycles. The number of anilines is 3. The Bertz CT molecular complexity index is 923. The molecule has 25 heavy (non-hydrogen) atoms. The second kappa shape index (κ2) is 7.51. The van der Waals surface area contributed by atoms with Gasteiger partial charge in [0.1, 0.15) is 5.75 Å². The number of nitrogens with one attached hydrogen (secondary N) is 2. The maximum absolute atomic E-state index is 11.2. The van der Waals surface area contributed by atoms with Gasteiger partial charge in [0, 0.05) is 16.8 Å². The highest BCUT2D eigenvalue weighted by molar-refractivity contribution is 9.10. The van der Waals surface area contributed by atoms with E-state index in [1.54, 1.807) is 7.11 Å². The van der Waals surface area contributed by atoms with Gasteiger partial charge in [0.25, 0.3) is 0 Å². The molecule has 0 saturated carbocycles. The van der Waals surface area contributed by atoms with Gasteiger partial charge in [-0.3, -0.25) is 4.79 Å². The molecule has 6 nitrogen and oxygen atoms in total. The SMILES string of the molecule is COc1ccc(Br)cc1Nc1nc(-c2sc(NC(C)=O)nc2C)cs1. The summed E-state index contributed by atoms with van der Waals surface area (Å²) in [7, 11) is 1.63. The molecule has 1 aromatic carbocycles. The highest BCUT2D eigenvalue weighted by atomic mass is 79.9. The number of hydrogen-bond donors (Lipinski definition) is 2. The van der Waals surface area contributed by atoms with Gasteiger partial charge in [-0.1, -0.05) is 27.3 Å². The molecule has 3 rings (SSSR count). The Kier molecular flexibility index (Phi) is 5.36. The van der Waals surface area contributed by atoms with Crippen LogP contribution in [-0.2, 0) is 4.79 Å². The summed E-state index contributed by atoms with van der Waals surface area (Å²) in [5, 5.41) is 9.28. The lowest BCUT2D eigenvalue weighted by Crippen LogP contribution is -2.04. The standard InChI is InChI=1S/C16H15BrN4O2S2/c1-8-14(25-16(18-8)19-9(2)22)12-7-24-15(21-12)20-11-6-10(17)4-5-13(11)23-3/h4-7H,1-3H3,(H,20,21)(H,18,19,22). The topological polar surface area (TPSA) is 76.1 Å². The van der Waals surface area contributed by atoms with E-state index in [1.165, 1.54) is 29.6 Å². The minimum atomic E-state index is -0.136. The van der Waals surface area contributed by atoms with E-state index in [0.717, 1.165) is 37.3 Å². The van der Waals surface area contributed by atoms with Crippen LogP contribution in [0.1, 0.15) is 12.6 Å². The molecule has 0 spiro atoms. The Morgan fingerprint density at radius 3 is 2.80 bits per heavy atom. The Hall–Kier alpha value is -1.97. The van der Waals surface area contributed by atoms with Crippen LogP contribution in [0.4, 0.5) is 16.0 Å². The van der Waals surface area contributed by atoms with E-state index in [0.29, 0.717) is 5.13 Å². The van der Waals surface area contributed by atoms with Crippen molar-refractivity contribution in [2.75, 3.05) is 17.7 Å². The van der Waals surface area contributed by atoms with Gasteiger partial charge in [0.2, 0.25) is 5.91 Å². The highest BCUT2D eigenvalue weighted by Gasteiger charge is 2.14. The maximum atomic E-state index is 11.2. The number of rotatable bonds is 5. The lowest BCUT2D eigenvalue weighted by molar-refractivity contribution is -0.114. The third-order valence-electron chi connectivity index (χ3n) is 3.22. The molecule has 9 heteroatoms. The molecule has 0 radical (unpaired) electrons. The van der Waals surface area contributed by atoms with Crippen molar-refractivity contribution < 1.29 is 9.53 Å². The lowest BCUT2D eigenvalue weighted by Gasteiger charge is -2.09.